The Kier molecular flexibility index (Phi) is 5.97. The summed E-state index contributed by atoms with van der Waals surface area (Å²) in [6, 6.07) is 9.46. The van der Waals surface area contributed by atoms with Gasteiger partial charge in [0, 0.05) is 33.1 Å². The summed E-state index contributed by atoms with van der Waals surface area (Å²) in [5, 5.41) is 10.6. The van der Waals surface area contributed by atoms with Crippen LogP contribution in [-0.4, -0.2) is 37.5 Å². The fourth-order valence-electron chi connectivity index (χ4n) is 2.21. The Morgan fingerprint density at radius 2 is 1.75 bits per heavy atom. The molecule has 0 radical (unpaired) electrons. The van der Waals surface area contributed by atoms with Crippen LogP contribution in [0.4, 0.5) is 0 Å². The summed E-state index contributed by atoms with van der Waals surface area (Å²) in [6.07, 6.45) is 2.99. The molecule has 0 saturated carbocycles. The molecule has 24 heavy (non-hydrogen) atoms. The van der Waals surface area contributed by atoms with Gasteiger partial charge < -0.3 is 10.6 Å². The van der Waals surface area contributed by atoms with Crippen LogP contribution < -0.4 is 10.6 Å². The van der Waals surface area contributed by atoms with Crippen molar-refractivity contribution in [1.29, 1.82) is 0 Å². The molecule has 0 amide bonds. The normalized spacial score (nSPS) is 12.2. The van der Waals surface area contributed by atoms with Crippen LogP contribution in [0.3, 0.4) is 0 Å². The number of sulfone groups is 1. The van der Waals surface area contributed by atoms with Crippen molar-refractivity contribution in [3.05, 3.63) is 53.3 Å². The van der Waals surface area contributed by atoms with Crippen molar-refractivity contribution in [3.63, 3.8) is 0 Å². The van der Waals surface area contributed by atoms with Gasteiger partial charge in [0.25, 0.3) is 0 Å². The molecule has 0 atom stereocenters. The maximum Gasteiger partial charge on any atom is 0.191 e. The summed E-state index contributed by atoms with van der Waals surface area (Å²) in [6.45, 7) is 1.23. The largest absolute Gasteiger partial charge is 0.352 e. The van der Waals surface area contributed by atoms with Crippen LogP contribution in [0.15, 0.2) is 41.5 Å². The van der Waals surface area contributed by atoms with E-state index in [9.17, 15) is 8.42 Å². The molecule has 0 aliphatic rings. The molecule has 2 aromatic rings. The van der Waals surface area contributed by atoms with Crippen molar-refractivity contribution >= 4 is 15.8 Å². The molecule has 0 saturated heterocycles. The zero-order valence-electron chi connectivity index (χ0n) is 14.2. The number of aryl methyl sites for hydroxylation is 1. The van der Waals surface area contributed by atoms with Crippen LogP contribution in [-0.2, 0) is 35.7 Å². The van der Waals surface area contributed by atoms with Crippen LogP contribution >= 0.6 is 0 Å². The molecule has 0 aliphatic carbocycles. The van der Waals surface area contributed by atoms with E-state index in [1.807, 2.05) is 37.4 Å². The Morgan fingerprint density at radius 3 is 2.29 bits per heavy atom. The highest BCUT2D eigenvalue weighted by molar-refractivity contribution is 7.89. The molecule has 0 spiro atoms. The minimum atomic E-state index is -3.00. The highest BCUT2D eigenvalue weighted by atomic mass is 32.2. The molecule has 130 valence electrons. The van der Waals surface area contributed by atoms with E-state index >= 15 is 0 Å². The maximum atomic E-state index is 11.3. The highest BCUT2D eigenvalue weighted by Gasteiger charge is 2.05. The molecule has 1 aromatic heterocycles. The van der Waals surface area contributed by atoms with Crippen molar-refractivity contribution in [1.82, 2.24) is 20.4 Å². The molecular formula is C16H23N5O2S. The van der Waals surface area contributed by atoms with Crippen molar-refractivity contribution < 1.29 is 8.42 Å². The first kappa shape index (κ1) is 18.0. The van der Waals surface area contributed by atoms with Gasteiger partial charge in [-0.15, -0.1) is 0 Å². The van der Waals surface area contributed by atoms with E-state index in [1.54, 1.807) is 17.9 Å². The first-order valence-corrected chi connectivity index (χ1v) is 9.60. The van der Waals surface area contributed by atoms with E-state index in [4.69, 9.17) is 0 Å². The van der Waals surface area contributed by atoms with Crippen LogP contribution in [0.25, 0.3) is 0 Å². The fourth-order valence-corrected chi connectivity index (χ4v) is 3.01. The van der Waals surface area contributed by atoms with E-state index < -0.39 is 9.84 Å². The lowest BCUT2D eigenvalue weighted by Crippen LogP contribution is -2.36. The number of aliphatic imine (C=N–C) groups is 1. The summed E-state index contributed by atoms with van der Waals surface area (Å²) >= 11 is 0. The molecule has 1 aromatic carbocycles. The van der Waals surface area contributed by atoms with Gasteiger partial charge >= 0.3 is 0 Å². The Labute approximate surface area is 142 Å². The highest BCUT2D eigenvalue weighted by Crippen LogP contribution is 2.07. The van der Waals surface area contributed by atoms with E-state index in [2.05, 4.69) is 20.7 Å². The average molecular weight is 349 g/mol. The zero-order chi connectivity index (χ0) is 17.6. The summed E-state index contributed by atoms with van der Waals surface area (Å²) in [4.78, 5) is 4.18. The van der Waals surface area contributed by atoms with Crippen LogP contribution in [0.5, 0.6) is 0 Å². The lowest BCUT2D eigenvalue weighted by atomic mass is 10.1. The zero-order valence-corrected chi connectivity index (χ0v) is 15.0. The van der Waals surface area contributed by atoms with Gasteiger partial charge in [-0.1, -0.05) is 24.3 Å². The number of nitrogens with zero attached hydrogens (tertiary/aromatic N) is 3. The average Bonchev–Trinajstić information content (AvgIpc) is 2.93. The number of guanidine groups is 1. The first-order chi connectivity index (χ1) is 11.4. The minimum Gasteiger partial charge on any atom is -0.352 e. The Morgan fingerprint density at radius 1 is 1.12 bits per heavy atom. The summed E-state index contributed by atoms with van der Waals surface area (Å²) < 4.78 is 24.4. The summed E-state index contributed by atoms with van der Waals surface area (Å²) in [5.74, 6) is 0.755. The summed E-state index contributed by atoms with van der Waals surface area (Å²) in [7, 11) is 0.606. The number of rotatable bonds is 6. The van der Waals surface area contributed by atoms with Gasteiger partial charge in [0.15, 0.2) is 15.8 Å². The Bertz CT molecular complexity index is 794. The number of benzene rings is 1. The molecule has 1 heterocycles. The van der Waals surface area contributed by atoms with Crippen LogP contribution in [0, 0.1) is 0 Å². The predicted octanol–water partition coefficient (Wildman–Crippen LogP) is 0.830. The molecule has 8 heteroatoms. The number of hydrogen-bond acceptors (Lipinski definition) is 4. The van der Waals surface area contributed by atoms with E-state index in [0.717, 1.165) is 16.8 Å². The third-order valence-corrected chi connectivity index (χ3v) is 4.35. The lowest BCUT2D eigenvalue weighted by molar-refractivity contribution is 0.601. The number of hydrogen-bond donors (Lipinski definition) is 2. The second kappa shape index (κ2) is 7.96. The maximum absolute atomic E-state index is 11.3. The van der Waals surface area contributed by atoms with Crippen molar-refractivity contribution in [3.8, 4) is 0 Å². The van der Waals surface area contributed by atoms with Gasteiger partial charge in [0.05, 0.1) is 18.0 Å². The van der Waals surface area contributed by atoms with Gasteiger partial charge in [-0.2, -0.15) is 5.10 Å². The van der Waals surface area contributed by atoms with Gasteiger partial charge in [0.1, 0.15) is 0 Å². The SMILES string of the molecule is CN=C(NCc1ccc(CS(C)(=O)=O)cc1)NCc1ccnn1C. The smallest absolute Gasteiger partial charge is 0.191 e. The fraction of sp³-hybridized carbons (Fsp3) is 0.375. The molecule has 0 unspecified atom stereocenters. The van der Waals surface area contributed by atoms with E-state index in [1.165, 1.54) is 6.26 Å². The number of aromatic nitrogens is 2. The lowest BCUT2D eigenvalue weighted by Gasteiger charge is -2.12. The van der Waals surface area contributed by atoms with E-state index in [-0.39, 0.29) is 5.75 Å². The predicted molar refractivity (Wildman–Crippen MR) is 95.2 cm³/mol. The second-order valence-corrected chi connectivity index (χ2v) is 7.75. The molecule has 0 fully saturated rings. The first-order valence-electron chi connectivity index (χ1n) is 7.54. The molecular weight excluding hydrogens is 326 g/mol. The standard InChI is InChI=1S/C16H23N5O2S/c1-17-16(19-11-15-8-9-20-21(15)2)18-10-13-4-6-14(7-5-13)12-24(3,22)23/h4-9H,10-12H2,1-3H3,(H2,17,18,19). The number of nitrogens with one attached hydrogen (secondary N) is 2. The van der Waals surface area contributed by atoms with Gasteiger partial charge in [-0.3, -0.25) is 9.67 Å². The molecule has 0 bridgehead atoms. The summed E-state index contributed by atoms with van der Waals surface area (Å²) in [5.41, 5.74) is 2.90. The van der Waals surface area contributed by atoms with Gasteiger partial charge in [-0.05, 0) is 17.2 Å². The topological polar surface area (TPSA) is 88.4 Å². The molecule has 2 rings (SSSR count). The monoisotopic (exact) mass is 349 g/mol. The molecule has 7 nitrogen and oxygen atoms in total. The second-order valence-electron chi connectivity index (χ2n) is 5.61. The van der Waals surface area contributed by atoms with Crippen molar-refractivity contribution in [2.24, 2.45) is 12.0 Å². The molecule has 2 N–H and O–H groups in total. The third kappa shape index (κ3) is 5.69. The van der Waals surface area contributed by atoms with Crippen LogP contribution in [0.1, 0.15) is 16.8 Å². The minimum absolute atomic E-state index is 0.0641. The third-order valence-electron chi connectivity index (χ3n) is 3.49. The Balaban J connectivity index is 1.85. The van der Waals surface area contributed by atoms with Gasteiger partial charge in [0.2, 0.25) is 0 Å². The van der Waals surface area contributed by atoms with Crippen molar-refractivity contribution in [2.75, 3.05) is 13.3 Å². The van der Waals surface area contributed by atoms with Crippen molar-refractivity contribution in [2.45, 2.75) is 18.8 Å². The van der Waals surface area contributed by atoms with Gasteiger partial charge in [-0.25, -0.2) is 8.42 Å². The molecule has 0 aliphatic heterocycles. The quantitative estimate of drug-likeness (QED) is 0.596. The Hall–Kier alpha value is -2.35. The van der Waals surface area contributed by atoms with E-state index in [0.29, 0.717) is 19.0 Å². The van der Waals surface area contributed by atoms with Crippen LogP contribution in [0.2, 0.25) is 0 Å².